The number of halogens is 2. The van der Waals surface area contributed by atoms with Gasteiger partial charge in [-0.3, -0.25) is 14.3 Å². The third-order valence-electron chi connectivity index (χ3n) is 5.39. The molecule has 1 aliphatic rings. The first kappa shape index (κ1) is 19.5. The Morgan fingerprint density at radius 1 is 1.00 bits per heavy atom. The molecule has 1 aromatic heterocycles. The zero-order valence-corrected chi connectivity index (χ0v) is 16.6. The highest BCUT2D eigenvalue weighted by Gasteiger charge is 2.19. The van der Waals surface area contributed by atoms with Crippen LogP contribution in [0.15, 0.2) is 47.5 Å². The van der Waals surface area contributed by atoms with Crippen LogP contribution in [-0.4, -0.2) is 40.6 Å². The Balaban J connectivity index is 1.46. The number of aromatic nitrogens is 2. The largest absolute Gasteiger partial charge is 0.369 e. The summed E-state index contributed by atoms with van der Waals surface area (Å²) in [6, 6.07) is 9.50. The van der Waals surface area contributed by atoms with Gasteiger partial charge in [-0.25, -0.2) is 13.8 Å². The van der Waals surface area contributed by atoms with Crippen molar-refractivity contribution in [2.75, 3.05) is 31.1 Å². The smallest absolute Gasteiger partial charge is 0.261 e. The minimum absolute atomic E-state index is 0.0244. The first-order valence-electron chi connectivity index (χ1n) is 9.84. The quantitative estimate of drug-likeness (QED) is 0.674. The average Bonchev–Trinajstić information content (AvgIpc) is 2.67. The zero-order chi connectivity index (χ0) is 20.5. The van der Waals surface area contributed by atoms with E-state index in [1.807, 2.05) is 32.0 Å². The molecule has 4 rings (SSSR count). The summed E-state index contributed by atoms with van der Waals surface area (Å²) in [5.41, 5.74) is 2.35. The fraction of sp³-hybridized carbons (Fsp3) is 0.364. The monoisotopic (exact) mass is 398 g/mol. The van der Waals surface area contributed by atoms with Gasteiger partial charge in [0.15, 0.2) is 0 Å². The van der Waals surface area contributed by atoms with Crippen LogP contribution in [0.2, 0.25) is 0 Å². The molecule has 0 unspecified atom stereocenters. The van der Waals surface area contributed by atoms with Gasteiger partial charge in [-0.1, -0.05) is 0 Å². The first-order valence-corrected chi connectivity index (χ1v) is 9.84. The van der Waals surface area contributed by atoms with Crippen LogP contribution in [0.4, 0.5) is 14.5 Å². The summed E-state index contributed by atoms with van der Waals surface area (Å²) >= 11 is 0. The molecule has 152 valence electrons. The van der Waals surface area contributed by atoms with Crippen molar-refractivity contribution in [3.8, 4) is 0 Å². The molecule has 0 atom stereocenters. The Morgan fingerprint density at radius 2 is 1.69 bits per heavy atom. The number of anilines is 1. The van der Waals surface area contributed by atoms with E-state index >= 15 is 0 Å². The van der Waals surface area contributed by atoms with Crippen molar-refractivity contribution >= 4 is 16.6 Å². The van der Waals surface area contributed by atoms with E-state index in [4.69, 9.17) is 0 Å². The molecule has 7 heteroatoms. The second-order valence-electron chi connectivity index (χ2n) is 7.79. The maximum atomic E-state index is 13.4. The third kappa shape index (κ3) is 4.15. The summed E-state index contributed by atoms with van der Waals surface area (Å²) in [5, 5.41) is 0.622. The Labute approximate surface area is 168 Å². The number of rotatable bonds is 4. The van der Waals surface area contributed by atoms with Gasteiger partial charge in [0.2, 0.25) is 0 Å². The summed E-state index contributed by atoms with van der Waals surface area (Å²) in [6.07, 6.45) is 1.61. The van der Waals surface area contributed by atoms with Crippen molar-refractivity contribution in [3.63, 3.8) is 0 Å². The average molecular weight is 398 g/mol. The molecule has 3 aromatic rings. The van der Waals surface area contributed by atoms with Gasteiger partial charge in [0.1, 0.15) is 11.6 Å². The number of nitrogens with zero attached hydrogens (tertiary/aromatic N) is 4. The maximum absolute atomic E-state index is 13.4. The normalized spacial score (nSPS) is 15.4. The molecule has 1 aliphatic heterocycles. The van der Waals surface area contributed by atoms with Crippen LogP contribution >= 0.6 is 0 Å². The number of hydrogen-bond donors (Lipinski definition) is 0. The van der Waals surface area contributed by atoms with Crippen LogP contribution in [0.25, 0.3) is 10.9 Å². The summed E-state index contributed by atoms with van der Waals surface area (Å²) in [5.74, 6) is -1.09. The van der Waals surface area contributed by atoms with Crippen LogP contribution in [0.5, 0.6) is 0 Å². The molecule has 0 N–H and O–H groups in total. The van der Waals surface area contributed by atoms with Crippen LogP contribution < -0.4 is 10.5 Å². The number of benzene rings is 2. The van der Waals surface area contributed by atoms with E-state index in [1.54, 1.807) is 10.9 Å². The summed E-state index contributed by atoms with van der Waals surface area (Å²) in [6.45, 7) is 7.62. The number of piperazine rings is 1. The van der Waals surface area contributed by atoms with E-state index in [0.29, 0.717) is 23.0 Å². The Morgan fingerprint density at radius 3 is 2.34 bits per heavy atom. The molecule has 29 heavy (non-hydrogen) atoms. The SMILES string of the molecule is CC(C)n1cnc2cc(N3CCN(Cc4cc(F)cc(F)c4)CC3)ccc2c1=O. The van der Waals surface area contributed by atoms with E-state index in [-0.39, 0.29) is 11.6 Å². The minimum atomic E-state index is -0.543. The topological polar surface area (TPSA) is 41.4 Å². The molecule has 0 radical (unpaired) electrons. The minimum Gasteiger partial charge on any atom is -0.369 e. The highest BCUT2D eigenvalue weighted by molar-refractivity contribution is 5.81. The lowest BCUT2D eigenvalue weighted by atomic mass is 10.1. The van der Waals surface area contributed by atoms with Crippen LogP contribution in [0, 0.1) is 11.6 Å². The van der Waals surface area contributed by atoms with Crippen molar-refractivity contribution in [3.05, 3.63) is 70.3 Å². The van der Waals surface area contributed by atoms with Crippen molar-refractivity contribution in [1.29, 1.82) is 0 Å². The standard InChI is InChI=1S/C22H24F2N4O/c1-15(2)28-14-25-21-12-19(3-4-20(21)22(28)29)27-7-5-26(6-8-27)13-16-9-17(23)11-18(24)10-16/h3-4,9-12,14-15H,5-8,13H2,1-2H3. The predicted octanol–water partition coefficient (Wildman–Crippen LogP) is 3.58. The second-order valence-corrected chi connectivity index (χ2v) is 7.79. The maximum Gasteiger partial charge on any atom is 0.261 e. The molecule has 0 aliphatic carbocycles. The van der Waals surface area contributed by atoms with E-state index in [9.17, 15) is 13.6 Å². The Hall–Kier alpha value is -2.80. The van der Waals surface area contributed by atoms with Crippen molar-refractivity contribution in [2.24, 2.45) is 0 Å². The third-order valence-corrected chi connectivity index (χ3v) is 5.39. The molecule has 0 spiro atoms. The Kier molecular flexibility index (Phi) is 5.32. The molecule has 2 heterocycles. The lowest BCUT2D eigenvalue weighted by Gasteiger charge is -2.36. The molecular weight excluding hydrogens is 374 g/mol. The first-order chi connectivity index (χ1) is 13.9. The molecule has 2 aromatic carbocycles. The van der Waals surface area contributed by atoms with Crippen LogP contribution in [0.1, 0.15) is 25.5 Å². The summed E-state index contributed by atoms with van der Waals surface area (Å²) in [7, 11) is 0. The van der Waals surface area contributed by atoms with Crippen LogP contribution in [0.3, 0.4) is 0 Å². The van der Waals surface area contributed by atoms with Gasteiger partial charge in [0, 0.05) is 50.5 Å². The van der Waals surface area contributed by atoms with Gasteiger partial charge in [-0.2, -0.15) is 0 Å². The summed E-state index contributed by atoms with van der Waals surface area (Å²) in [4.78, 5) is 21.5. The fourth-order valence-electron chi connectivity index (χ4n) is 3.81. The van der Waals surface area contributed by atoms with Crippen molar-refractivity contribution in [1.82, 2.24) is 14.5 Å². The van der Waals surface area contributed by atoms with E-state index in [2.05, 4.69) is 14.8 Å². The lowest BCUT2D eigenvalue weighted by molar-refractivity contribution is 0.249. The van der Waals surface area contributed by atoms with Gasteiger partial charge in [0.25, 0.3) is 5.56 Å². The van der Waals surface area contributed by atoms with E-state index < -0.39 is 11.6 Å². The predicted molar refractivity (Wildman–Crippen MR) is 110 cm³/mol. The molecule has 1 fully saturated rings. The molecule has 0 amide bonds. The second kappa shape index (κ2) is 7.91. The molecule has 1 saturated heterocycles. The molecule has 5 nitrogen and oxygen atoms in total. The van der Waals surface area contributed by atoms with Crippen molar-refractivity contribution < 1.29 is 8.78 Å². The summed E-state index contributed by atoms with van der Waals surface area (Å²) < 4.78 is 28.4. The molecule has 0 bridgehead atoms. The van der Waals surface area contributed by atoms with Gasteiger partial charge in [-0.15, -0.1) is 0 Å². The fourth-order valence-corrected chi connectivity index (χ4v) is 3.81. The highest BCUT2D eigenvalue weighted by Crippen LogP contribution is 2.21. The number of hydrogen-bond acceptors (Lipinski definition) is 4. The van der Waals surface area contributed by atoms with E-state index in [0.717, 1.165) is 37.9 Å². The number of fused-ring (bicyclic) bond motifs is 1. The highest BCUT2D eigenvalue weighted by atomic mass is 19.1. The van der Waals surface area contributed by atoms with Gasteiger partial charge in [0.05, 0.1) is 17.2 Å². The van der Waals surface area contributed by atoms with E-state index in [1.165, 1.54) is 12.1 Å². The van der Waals surface area contributed by atoms with Gasteiger partial charge >= 0.3 is 0 Å². The molecular formula is C22H24F2N4O. The Bertz CT molecular complexity index is 1070. The van der Waals surface area contributed by atoms with Gasteiger partial charge < -0.3 is 4.90 Å². The lowest BCUT2D eigenvalue weighted by Crippen LogP contribution is -2.46. The molecule has 0 saturated carbocycles. The van der Waals surface area contributed by atoms with Crippen molar-refractivity contribution in [2.45, 2.75) is 26.4 Å². The van der Waals surface area contributed by atoms with Gasteiger partial charge in [-0.05, 0) is 49.7 Å². The van der Waals surface area contributed by atoms with Crippen LogP contribution in [-0.2, 0) is 6.54 Å². The zero-order valence-electron chi connectivity index (χ0n) is 16.6.